The van der Waals surface area contributed by atoms with Gasteiger partial charge in [0.2, 0.25) is 0 Å². The molecular formula is C31H33N5O2S. The molecule has 0 unspecified atom stereocenters. The molecule has 0 bridgehead atoms. The minimum absolute atomic E-state index is 0.0145. The molecule has 39 heavy (non-hydrogen) atoms. The number of hydrogen-bond acceptors (Lipinski definition) is 6. The molecule has 2 aromatic carbocycles. The van der Waals surface area contributed by atoms with Gasteiger partial charge in [-0.1, -0.05) is 36.8 Å². The molecule has 3 aromatic heterocycles. The summed E-state index contributed by atoms with van der Waals surface area (Å²) in [6.45, 7) is 6.95. The Balaban J connectivity index is 1.42. The fourth-order valence-electron chi connectivity index (χ4n) is 6.16. The Morgan fingerprint density at radius 3 is 2.92 bits per heavy atom. The highest BCUT2D eigenvalue weighted by atomic mass is 32.1. The molecule has 5 aromatic rings. The van der Waals surface area contributed by atoms with E-state index in [2.05, 4.69) is 57.8 Å². The number of aryl methyl sites for hydroxylation is 2. The fraction of sp³-hybridized carbons (Fsp3) is 0.355. The van der Waals surface area contributed by atoms with Crippen LogP contribution in [-0.4, -0.2) is 42.5 Å². The molecule has 0 saturated heterocycles. The molecule has 0 aliphatic carbocycles. The number of aromatic nitrogens is 4. The molecule has 7 nitrogen and oxygen atoms in total. The molecule has 1 N–H and O–H groups in total. The van der Waals surface area contributed by atoms with Crippen LogP contribution in [0.4, 0.5) is 0 Å². The Kier molecular flexibility index (Phi) is 6.91. The summed E-state index contributed by atoms with van der Waals surface area (Å²) in [6, 6.07) is 14.9. The van der Waals surface area contributed by atoms with Crippen LogP contribution in [0.2, 0.25) is 0 Å². The van der Waals surface area contributed by atoms with E-state index < -0.39 is 5.97 Å². The van der Waals surface area contributed by atoms with Crippen LogP contribution in [-0.2, 0) is 31.4 Å². The monoisotopic (exact) mass is 539 g/mol. The number of aliphatic carboxylic acids is 1. The molecular weight excluding hydrogens is 506 g/mol. The SMILES string of the molecule is CC[C@H]1Cc2cccnc2CN(Cc2cc([C@@H](CC(=O)O)c3ccc4c(nnn4C)c3C)cc3ccsc23)C1. The third-order valence-electron chi connectivity index (χ3n) is 8.24. The van der Waals surface area contributed by atoms with Gasteiger partial charge < -0.3 is 5.11 Å². The number of carboxylic acids is 1. The number of nitrogens with zero attached hydrogens (tertiary/aromatic N) is 5. The van der Waals surface area contributed by atoms with Crippen molar-refractivity contribution in [1.29, 1.82) is 0 Å². The van der Waals surface area contributed by atoms with E-state index in [1.165, 1.54) is 26.9 Å². The van der Waals surface area contributed by atoms with Gasteiger partial charge in [0.1, 0.15) is 5.52 Å². The molecule has 0 amide bonds. The van der Waals surface area contributed by atoms with Crippen molar-refractivity contribution >= 4 is 38.4 Å². The van der Waals surface area contributed by atoms with E-state index in [1.807, 2.05) is 32.3 Å². The molecule has 2 atom stereocenters. The van der Waals surface area contributed by atoms with Gasteiger partial charge in [-0.3, -0.25) is 14.7 Å². The molecule has 6 rings (SSSR count). The summed E-state index contributed by atoms with van der Waals surface area (Å²) in [5, 5.41) is 21.8. The van der Waals surface area contributed by atoms with Crippen molar-refractivity contribution in [3.8, 4) is 0 Å². The van der Waals surface area contributed by atoms with Gasteiger partial charge >= 0.3 is 5.97 Å². The Morgan fingerprint density at radius 1 is 1.23 bits per heavy atom. The average Bonchev–Trinajstić information content (AvgIpc) is 3.50. The van der Waals surface area contributed by atoms with Crippen LogP contribution in [0, 0.1) is 12.8 Å². The second-order valence-electron chi connectivity index (χ2n) is 10.8. The quantitative estimate of drug-likeness (QED) is 0.270. The van der Waals surface area contributed by atoms with Crippen LogP contribution in [0.3, 0.4) is 0 Å². The number of rotatable bonds is 7. The van der Waals surface area contributed by atoms with Gasteiger partial charge in [0.25, 0.3) is 0 Å². The zero-order chi connectivity index (χ0) is 27.1. The van der Waals surface area contributed by atoms with Crippen molar-refractivity contribution in [2.75, 3.05) is 6.54 Å². The van der Waals surface area contributed by atoms with Crippen LogP contribution in [0.15, 0.2) is 54.0 Å². The highest BCUT2D eigenvalue weighted by Crippen LogP contribution is 2.38. The van der Waals surface area contributed by atoms with Crippen LogP contribution < -0.4 is 0 Å². The normalized spacial score (nSPS) is 16.8. The van der Waals surface area contributed by atoms with E-state index in [9.17, 15) is 9.90 Å². The van der Waals surface area contributed by atoms with Gasteiger partial charge in [-0.2, -0.15) is 0 Å². The minimum Gasteiger partial charge on any atom is -0.481 e. The lowest BCUT2D eigenvalue weighted by molar-refractivity contribution is -0.137. The van der Waals surface area contributed by atoms with E-state index in [4.69, 9.17) is 4.98 Å². The third kappa shape index (κ3) is 4.94. The van der Waals surface area contributed by atoms with Crippen molar-refractivity contribution in [3.63, 3.8) is 0 Å². The Hall–Kier alpha value is -3.62. The van der Waals surface area contributed by atoms with Crippen molar-refractivity contribution in [3.05, 3.63) is 87.6 Å². The smallest absolute Gasteiger partial charge is 0.304 e. The minimum atomic E-state index is -0.813. The van der Waals surface area contributed by atoms with E-state index in [0.717, 1.165) is 60.2 Å². The number of thiophene rings is 1. The highest BCUT2D eigenvalue weighted by molar-refractivity contribution is 7.17. The van der Waals surface area contributed by atoms with Gasteiger partial charge in [-0.15, -0.1) is 16.4 Å². The summed E-state index contributed by atoms with van der Waals surface area (Å²) in [5.74, 6) is -0.517. The van der Waals surface area contributed by atoms with Crippen LogP contribution in [0.5, 0.6) is 0 Å². The zero-order valence-electron chi connectivity index (χ0n) is 22.6. The summed E-state index contributed by atoms with van der Waals surface area (Å²) >= 11 is 1.76. The number of fused-ring (bicyclic) bond motifs is 3. The lowest BCUT2D eigenvalue weighted by atomic mass is 9.84. The molecule has 0 radical (unpaired) electrons. The first-order valence-corrected chi connectivity index (χ1v) is 14.4. The van der Waals surface area contributed by atoms with E-state index in [0.29, 0.717) is 5.92 Å². The molecule has 0 spiro atoms. The largest absolute Gasteiger partial charge is 0.481 e. The van der Waals surface area contributed by atoms with E-state index in [1.54, 1.807) is 16.0 Å². The molecule has 0 fully saturated rings. The van der Waals surface area contributed by atoms with Gasteiger partial charge in [-0.05, 0) is 82.1 Å². The van der Waals surface area contributed by atoms with Crippen LogP contribution in [0.1, 0.15) is 59.2 Å². The van der Waals surface area contributed by atoms with Crippen molar-refractivity contribution in [1.82, 2.24) is 24.9 Å². The Bertz CT molecular complexity index is 1670. The zero-order valence-corrected chi connectivity index (χ0v) is 23.4. The second kappa shape index (κ2) is 10.5. The van der Waals surface area contributed by atoms with Crippen molar-refractivity contribution in [2.24, 2.45) is 13.0 Å². The summed E-state index contributed by atoms with van der Waals surface area (Å²) in [7, 11) is 1.87. The van der Waals surface area contributed by atoms with Crippen LogP contribution >= 0.6 is 11.3 Å². The van der Waals surface area contributed by atoms with E-state index in [-0.39, 0.29) is 12.3 Å². The van der Waals surface area contributed by atoms with E-state index >= 15 is 0 Å². The molecule has 0 saturated carbocycles. The number of hydrogen-bond donors (Lipinski definition) is 1. The summed E-state index contributed by atoms with van der Waals surface area (Å²) in [4.78, 5) is 19.4. The summed E-state index contributed by atoms with van der Waals surface area (Å²) in [6.07, 6.45) is 4.11. The lowest BCUT2D eigenvalue weighted by Gasteiger charge is -2.25. The maximum atomic E-state index is 12.1. The van der Waals surface area contributed by atoms with Gasteiger partial charge in [-0.25, -0.2) is 4.68 Å². The van der Waals surface area contributed by atoms with Crippen molar-refractivity contribution in [2.45, 2.75) is 52.1 Å². The maximum Gasteiger partial charge on any atom is 0.304 e. The Labute approximate surface area is 232 Å². The molecule has 8 heteroatoms. The highest BCUT2D eigenvalue weighted by Gasteiger charge is 2.26. The molecule has 1 aliphatic heterocycles. The van der Waals surface area contributed by atoms with Gasteiger partial charge in [0.05, 0.1) is 17.6 Å². The van der Waals surface area contributed by atoms with Crippen molar-refractivity contribution < 1.29 is 9.90 Å². The van der Waals surface area contributed by atoms with Crippen LogP contribution in [0.25, 0.3) is 21.1 Å². The number of pyridine rings is 1. The average molecular weight is 540 g/mol. The standard InChI is InChI=1S/C31H33N5O2S/c1-4-20-12-21-6-5-10-32-27(21)18-36(16-20)17-24-14-23(13-22-9-11-39-31(22)24)26(15-29(37)38)25-7-8-28-30(19(25)2)33-34-35(28)3/h5-11,13-14,20,26H,4,12,15-18H2,1-3H3,(H,37,38)/t20-,26+/m0/s1. The fourth-order valence-corrected chi connectivity index (χ4v) is 7.05. The number of carboxylic acid groups (broad SMARTS) is 1. The lowest BCUT2D eigenvalue weighted by Crippen LogP contribution is -2.27. The predicted molar refractivity (Wildman–Crippen MR) is 155 cm³/mol. The second-order valence-corrected chi connectivity index (χ2v) is 11.7. The third-order valence-corrected chi connectivity index (χ3v) is 9.25. The van der Waals surface area contributed by atoms with Gasteiger partial charge in [0.15, 0.2) is 0 Å². The summed E-state index contributed by atoms with van der Waals surface area (Å²) < 4.78 is 3.03. The number of carbonyl (C=O) groups is 1. The molecule has 1 aliphatic rings. The molecule has 200 valence electrons. The topological polar surface area (TPSA) is 84.1 Å². The maximum absolute atomic E-state index is 12.1. The summed E-state index contributed by atoms with van der Waals surface area (Å²) in [5.41, 5.74) is 8.56. The first-order chi connectivity index (χ1) is 18.9. The van der Waals surface area contributed by atoms with Gasteiger partial charge in [0, 0.05) is 43.5 Å². The first-order valence-electron chi connectivity index (χ1n) is 13.6. The number of benzene rings is 2. The first kappa shape index (κ1) is 25.6. The Morgan fingerprint density at radius 2 is 2.10 bits per heavy atom. The predicted octanol–water partition coefficient (Wildman–Crippen LogP) is 6.08. The molecule has 4 heterocycles.